The van der Waals surface area contributed by atoms with Crippen molar-refractivity contribution in [3.8, 4) is 0 Å². The number of benzene rings is 2. The lowest BCUT2D eigenvalue weighted by Crippen LogP contribution is -2.43. The van der Waals surface area contributed by atoms with Gasteiger partial charge in [0.05, 0.1) is 10.5 Å². The van der Waals surface area contributed by atoms with E-state index >= 15 is 0 Å². The molecule has 0 amide bonds. The predicted molar refractivity (Wildman–Crippen MR) is 109 cm³/mol. The standard InChI is InChI=1S/C21H24N4O2/c1-18-8-10-19(11-9-18)17-23-13-15-24(16-14-23)22-12-4-6-20-5-2-3-7-21(20)25(26)27/h2-12H,13-17H2,1H3/b6-4+,22-12-. The summed E-state index contributed by atoms with van der Waals surface area (Å²) in [6, 6.07) is 15.4. The van der Waals surface area contributed by atoms with Crippen LogP contribution >= 0.6 is 0 Å². The molecule has 6 heteroatoms. The van der Waals surface area contributed by atoms with Gasteiger partial charge in [-0.25, -0.2) is 0 Å². The molecular weight excluding hydrogens is 340 g/mol. The third-order valence-corrected chi connectivity index (χ3v) is 4.60. The summed E-state index contributed by atoms with van der Waals surface area (Å²) in [5.41, 5.74) is 3.31. The highest BCUT2D eigenvalue weighted by atomic mass is 16.6. The lowest BCUT2D eigenvalue weighted by Gasteiger charge is -2.33. The van der Waals surface area contributed by atoms with Gasteiger partial charge in [-0.2, -0.15) is 5.10 Å². The van der Waals surface area contributed by atoms with Crippen LogP contribution in [0.4, 0.5) is 5.69 Å². The molecule has 0 saturated carbocycles. The first kappa shape index (κ1) is 18.8. The highest BCUT2D eigenvalue weighted by Gasteiger charge is 2.15. The molecule has 1 aliphatic heterocycles. The fraction of sp³-hybridized carbons (Fsp3) is 0.286. The number of aryl methyl sites for hydroxylation is 1. The first-order valence-corrected chi connectivity index (χ1v) is 9.09. The van der Waals surface area contributed by atoms with Gasteiger partial charge in [0.2, 0.25) is 0 Å². The minimum Gasteiger partial charge on any atom is -0.295 e. The number of hydrazone groups is 1. The van der Waals surface area contributed by atoms with Gasteiger partial charge in [0.15, 0.2) is 0 Å². The second-order valence-corrected chi connectivity index (χ2v) is 6.65. The van der Waals surface area contributed by atoms with Crippen LogP contribution in [-0.2, 0) is 6.54 Å². The van der Waals surface area contributed by atoms with Crippen molar-refractivity contribution in [2.75, 3.05) is 26.2 Å². The number of hydrogen-bond donors (Lipinski definition) is 0. The molecule has 27 heavy (non-hydrogen) atoms. The molecule has 0 aromatic heterocycles. The third-order valence-electron chi connectivity index (χ3n) is 4.60. The Morgan fingerprint density at radius 1 is 1.07 bits per heavy atom. The largest absolute Gasteiger partial charge is 0.295 e. The van der Waals surface area contributed by atoms with E-state index in [-0.39, 0.29) is 10.6 Å². The lowest BCUT2D eigenvalue weighted by atomic mass is 10.1. The monoisotopic (exact) mass is 364 g/mol. The molecule has 2 aromatic rings. The first-order chi connectivity index (χ1) is 13.1. The summed E-state index contributed by atoms with van der Waals surface area (Å²) in [5.74, 6) is 0. The summed E-state index contributed by atoms with van der Waals surface area (Å²) in [4.78, 5) is 13.1. The van der Waals surface area contributed by atoms with Gasteiger partial charge in [0, 0.05) is 45.0 Å². The van der Waals surface area contributed by atoms with Gasteiger partial charge in [0.25, 0.3) is 5.69 Å². The third kappa shape index (κ3) is 5.49. The maximum atomic E-state index is 11.0. The summed E-state index contributed by atoms with van der Waals surface area (Å²) in [5, 5.41) is 17.5. The van der Waals surface area contributed by atoms with Crippen LogP contribution in [0.1, 0.15) is 16.7 Å². The van der Waals surface area contributed by atoms with Gasteiger partial charge >= 0.3 is 0 Å². The van der Waals surface area contributed by atoms with Gasteiger partial charge < -0.3 is 0 Å². The zero-order valence-electron chi connectivity index (χ0n) is 15.5. The van der Waals surface area contributed by atoms with Crippen molar-refractivity contribution in [2.45, 2.75) is 13.5 Å². The van der Waals surface area contributed by atoms with Gasteiger partial charge in [0.1, 0.15) is 0 Å². The van der Waals surface area contributed by atoms with Gasteiger partial charge in [-0.05, 0) is 30.7 Å². The van der Waals surface area contributed by atoms with Crippen LogP contribution in [0.15, 0.2) is 59.7 Å². The van der Waals surface area contributed by atoms with E-state index in [4.69, 9.17) is 0 Å². The Labute approximate surface area is 159 Å². The number of rotatable bonds is 6. The van der Waals surface area contributed by atoms with Crippen molar-refractivity contribution in [3.05, 3.63) is 81.4 Å². The van der Waals surface area contributed by atoms with Crippen molar-refractivity contribution in [3.63, 3.8) is 0 Å². The molecule has 6 nitrogen and oxygen atoms in total. The number of allylic oxidation sites excluding steroid dienone is 1. The fourth-order valence-corrected chi connectivity index (χ4v) is 3.04. The summed E-state index contributed by atoms with van der Waals surface area (Å²) >= 11 is 0. The first-order valence-electron chi connectivity index (χ1n) is 9.09. The Bertz CT molecular complexity index is 822. The molecule has 2 aromatic carbocycles. The Kier molecular flexibility index (Phi) is 6.33. The number of hydrogen-bond acceptors (Lipinski definition) is 5. The summed E-state index contributed by atoms with van der Waals surface area (Å²) in [6.45, 7) is 6.77. The highest BCUT2D eigenvalue weighted by Crippen LogP contribution is 2.18. The summed E-state index contributed by atoms with van der Waals surface area (Å²) in [6.07, 6.45) is 5.17. The Balaban J connectivity index is 1.48. The minimum absolute atomic E-state index is 0.104. The van der Waals surface area contributed by atoms with Crippen LogP contribution in [0.25, 0.3) is 6.08 Å². The Hall–Kier alpha value is -2.99. The van der Waals surface area contributed by atoms with E-state index in [0.717, 1.165) is 32.7 Å². The van der Waals surface area contributed by atoms with Crippen molar-refractivity contribution in [2.24, 2.45) is 5.10 Å². The lowest BCUT2D eigenvalue weighted by molar-refractivity contribution is -0.385. The van der Waals surface area contributed by atoms with Crippen molar-refractivity contribution in [1.29, 1.82) is 0 Å². The molecular formula is C21H24N4O2. The van der Waals surface area contributed by atoms with E-state index in [1.807, 2.05) is 5.01 Å². The zero-order valence-corrected chi connectivity index (χ0v) is 15.5. The van der Waals surface area contributed by atoms with E-state index < -0.39 is 0 Å². The smallest absolute Gasteiger partial charge is 0.276 e. The Morgan fingerprint density at radius 2 is 1.78 bits per heavy atom. The normalized spacial score (nSPS) is 15.7. The van der Waals surface area contributed by atoms with E-state index in [9.17, 15) is 10.1 Å². The maximum Gasteiger partial charge on any atom is 0.276 e. The molecule has 0 N–H and O–H groups in total. The van der Waals surface area contributed by atoms with Crippen LogP contribution < -0.4 is 0 Å². The van der Waals surface area contributed by atoms with Crippen LogP contribution in [0.5, 0.6) is 0 Å². The van der Waals surface area contributed by atoms with Crippen molar-refractivity contribution >= 4 is 18.0 Å². The molecule has 0 unspecified atom stereocenters. The van der Waals surface area contributed by atoms with E-state index in [1.54, 1.807) is 36.6 Å². The molecule has 0 radical (unpaired) electrons. The minimum atomic E-state index is -0.371. The number of nitro benzene ring substituents is 1. The summed E-state index contributed by atoms with van der Waals surface area (Å²) in [7, 11) is 0. The van der Waals surface area contributed by atoms with Crippen LogP contribution in [-0.4, -0.2) is 47.2 Å². The van der Waals surface area contributed by atoms with E-state index in [2.05, 4.69) is 41.2 Å². The summed E-state index contributed by atoms with van der Waals surface area (Å²) < 4.78 is 0. The van der Waals surface area contributed by atoms with Gasteiger partial charge in [-0.15, -0.1) is 0 Å². The second-order valence-electron chi connectivity index (χ2n) is 6.65. The Morgan fingerprint density at radius 3 is 2.48 bits per heavy atom. The molecule has 1 heterocycles. The zero-order chi connectivity index (χ0) is 19.1. The molecule has 3 rings (SSSR count). The van der Waals surface area contributed by atoms with Gasteiger partial charge in [-0.3, -0.25) is 20.0 Å². The average Bonchev–Trinajstić information content (AvgIpc) is 2.68. The predicted octanol–water partition coefficient (Wildman–Crippen LogP) is 3.72. The van der Waals surface area contributed by atoms with Crippen LogP contribution in [0.2, 0.25) is 0 Å². The molecule has 0 aliphatic carbocycles. The molecule has 1 aliphatic rings. The number of nitro groups is 1. The molecule has 1 fully saturated rings. The quantitative estimate of drug-likeness (QED) is 0.445. The van der Waals surface area contributed by atoms with Crippen molar-refractivity contribution in [1.82, 2.24) is 9.91 Å². The average molecular weight is 364 g/mol. The number of piperazine rings is 1. The van der Waals surface area contributed by atoms with Crippen molar-refractivity contribution < 1.29 is 4.92 Å². The maximum absolute atomic E-state index is 11.0. The molecule has 0 atom stereocenters. The van der Waals surface area contributed by atoms with E-state index in [0.29, 0.717) is 5.56 Å². The van der Waals surface area contributed by atoms with Crippen LogP contribution in [0.3, 0.4) is 0 Å². The molecule has 1 saturated heterocycles. The highest BCUT2D eigenvalue weighted by molar-refractivity contribution is 5.79. The van der Waals surface area contributed by atoms with E-state index in [1.165, 1.54) is 17.2 Å². The van der Waals surface area contributed by atoms with Crippen LogP contribution in [0, 0.1) is 17.0 Å². The topological polar surface area (TPSA) is 62.0 Å². The number of para-hydroxylation sites is 1. The number of nitrogens with zero attached hydrogens (tertiary/aromatic N) is 4. The SMILES string of the molecule is Cc1ccc(CN2CCN(/N=C\C=C\c3ccccc3[N+](=O)[O-])CC2)cc1. The molecule has 0 spiro atoms. The van der Waals surface area contributed by atoms with Gasteiger partial charge in [-0.1, -0.05) is 42.0 Å². The molecule has 140 valence electrons. The molecule has 0 bridgehead atoms. The second kappa shape index (κ2) is 9.09. The fourth-order valence-electron chi connectivity index (χ4n) is 3.04.